The van der Waals surface area contributed by atoms with Crippen molar-refractivity contribution >= 4 is 55.0 Å². The van der Waals surface area contributed by atoms with Gasteiger partial charge in [0.25, 0.3) is 0 Å². The molecule has 5 aromatic rings. The molecule has 1 heterocycles. The molecule has 0 saturated carbocycles. The molecule has 0 aliphatic rings. The van der Waals surface area contributed by atoms with Gasteiger partial charge in [0.15, 0.2) is 11.6 Å². The zero-order valence-electron chi connectivity index (χ0n) is 17.4. The highest BCUT2D eigenvalue weighted by molar-refractivity contribution is 6.28. The fourth-order valence-corrected chi connectivity index (χ4v) is 4.22. The summed E-state index contributed by atoms with van der Waals surface area (Å²) >= 11 is 0. The molecule has 0 spiro atoms. The summed E-state index contributed by atoms with van der Waals surface area (Å²) in [4.78, 5) is 25.5. The number of allylic oxidation sites excluding steroid dienone is 2. The lowest BCUT2D eigenvalue weighted by Gasteiger charge is -2.07. The molecule has 1 aromatic heterocycles. The van der Waals surface area contributed by atoms with Crippen molar-refractivity contribution in [2.45, 2.75) is 13.8 Å². The van der Waals surface area contributed by atoms with Gasteiger partial charge in [-0.1, -0.05) is 55.6 Å². The summed E-state index contributed by atoms with van der Waals surface area (Å²) in [7, 11) is 0. The van der Waals surface area contributed by atoms with Crippen LogP contribution in [0.1, 0.15) is 34.6 Å². The highest BCUT2D eigenvalue weighted by atomic mass is 16.3. The molecule has 0 bridgehead atoms. The van der Waals surface area contributed by atoms with Crippen LogP contribution in [0.4, 0.5) is 0 Å². The van der Waals surface area contributed by atoms with Crippen molar-refractivity contribution in [1.82, 2.24) is 0 Å². The van der Waals surface area contributed by atoms with Crippen molar-refractivity contribution in [1.29, 1.82) is 0 Å². The maximum absolute atomic E-state index is 13.0. The molecule has 31 heavy (non-hydrogen) atoms. The first-order chi connectivity index (χ1) is 14.9. The van der Waals surface area contributed by atoms with Crippen LogP contribution in [-0.2, 0) is 0 Å². The zero-order valence-corrected chi connectivity index (χ0v) is 17.4. The van der Waals surface area contributed by atoms with Crippen LogP contribution in [0, 0.1) is 0 Å². The van der Waals surface area contributed by atoms with Crippen molar-refractivity contribution < 1.29 is 14.0 Å². The zero-order chi connectivity index (χ0) is 21.9. The van der Waals surface area contributed by atoms with Crippen LogP contribution in [0.25, 0.3) is 43.5 Å². The third-order valence-corrected chi connectivity index (χ3v) is 5.74. The second-order valence-electron chi connectivity index (χ2n) is 8.04. The normalized spacial score (nSPS) is 11.4. The van der Waals surface area contributed by atoms with Gasteiger partial charge in [-0.15, -0.1) is 0 Å². The fourth-order valence-electron chi connectivity index (χ4n) is 4.22. The Morgan fingerprint density at radius 3 is 2.13 bits per heavy atom. The molecule has 0 aliphatic heterocycles. The molecule has 150 valence electrons. The number of Topliss-reactive ketones (excluding diaryl/α,β-unsaturated/α-hetero) is 2. The van der Waals surface area contributed by atoms with E-state index in [1.807, 2.05) is 60.7 Å². The third-order valence-electron chi connectivity index (χ3n) is 5.74. The molecule has 5 rings (SSSR count). The van der Waals surface area contributed by atoms with Gasteiger partial charge in [0.05, 0.1) is 0 Å². The molecular formula is C28H20O3. The highest BCUT2D eigenvalue weighted by Crippen LogP contribution is 2.40. The average Bonchev–Trinajstić information content (AvgIpc) is 3.16. The number of carbonyl (C=O) groups excluding carboxylic acids is 2. The molecule has 3 heteroatoms. The van der Waals surface area contributed by atoms with E-state index in [1.165, 1.54) is 0 Å². The summed E-state index contributed by atoms with van der Waals surface area (Å²) in [5.74, 6) is -0.180. The number of hydrogen-bond donors (Lipinski definition) is 0. The first kappa shape index (κ1) is 19.0. The smallest absolute Gasteiger partial charge is 0.188 e. The van der Waals surface area contributed by atoms with Gasteiger partial charge in [-0.05, 0) is 59.4 Å². The standard InChI is InChI=1S/C28H20O3/c1-15(2)26(29)18-10-9-17-11-12-24-25(21(17)13-18)23-14-22(27(30)16(3)4)19-7-5-6-8-20(19)28(23)31-24/h5-14H,1,3H2,2,4H3. The Bertz CT molecular complexity index is 1610. The Morgan fingerprint density at radius 2 is 1.42 bits per heavy atom. The second-order valence-corrected chi connectivity index (χ2v) is 8.04. The lowest BCUT2D eigenvalue weighted by Crippen LogP contribution is -2.00. The SMILES string of the molecule is C=C(C)C(=O)c1ccc2ccc3oc4c5ccccc5c(C(=O)C(=C)C)cc4c3c2c1. The summed E-state index contributed by atoms with van der Waals surface area (Å²) < 4.78 is 6.28. The number of benzene rings is 4. The van der Waals surface area contributed by atoms with Crippen molar-refractivity contribution in [2.24, 2.45) is 0 Å². The average molecular weight is 404 g/mol. The Kier molecular flexibility index (Phi) is 4.16. The molecule has 0 radical (unpaired) electrons. The quantitative estimate of drug-likeness (QED) is 0.231. The molecule has 4 aromatic carbocycles. The van der Waals surface area contributed by atoms with Gasteiger partial charge in [-0.3, -0.25) is 9.59 Å². The molecule has 0 amide bonds. The third kappa shape index (κ3) is 2.82. The molecular weight excluding hydrogens is 384 g/mol. The number of ketones is 2. The van der Waals surface area contributed by atoms with Crippen molar-refractivity contribution in [3.63, 3.8) is 0 Å². The Morgan fingerprint density at radius 1 is 0.742 bits per heavy atom. The first-order valence-corrected chi connectivity index (χ1v) is 10.1. The number of furan rings is 1. The van der Waals surface area contributed by atoms with E-state index in [1.54, 1.807) is 13.8 Å². The first-order valence-electron chi connectivity index (χ1n) is 10.1. The molecule has 0 atom stereocenters. The molecule has 0 aliphatic carbocycles. The minimum absolute atomic E-state index is 0.0877. The second kappa shape index (κ2) is 6.78. The van der Waals surface area contributed by atoms with Gasteiger partial charge in [-0.25, -0.2) is 0 Å². The lowest BCUT2D eigenvalue weighted by atomic mass is 9.93. The highest BCUT2D eigenvalue weighted by Gasteiger charge is 2.19. The Hall–Kier alpha value is -3.98. The summed E-state index contributed by atoms with van der Waals surface area (Å²) in [5.41, 5.74) is 3.60. The lowest BCUT2D eigenvalue weighted by molar-refractivity contribution is 0.102. The van der Waals surface area contributed by atoms with Gasteiger partial charge in [0.2, 0.25) is 0 Å². The van der Waals surface area contributed by atoms with Crippen LogP contribution >= 0.6 is 0 Å². The minimum atomic E-state index is -0.0918. The van der Waals surface area contributed by atoms with Gasteiger partial charge in [0.1, 0.15) is 11.2 Å². The Labute approximate surface area is 179 Å². The van der Waals surface area contributed by atoms with Crippen molar-refractivity contribution in [2.75, 3.05) is 0 Å². The van der Waals surface area contributed by atoms with Crippen molar-refractivity contribution in [3.8, 4) is 0 Å². The van der Waals surface area contributed by atoms with E-state index < -0.39 is 0 Å². The van der Waals surface area contributed by atoms with E-state index in [9.17, 15) is 9.59 Å². The van der Waals surface area contributed by atoms with E-state index in [-0.39, 0.29) is 11.6 Å². The molecule has 3 nitrogen and oxygen atoms in total. The summed E-state index contributed by atoms with van der Waals surface area (Å²) in [6, 6.07) is 19.2. The van der Waals surface area contributed by atoms with Crippen LogP contribution < -0.4 is 0 Å². The van der Waals surface area contributed by atoms with Crippen LogP contribution in [0.3, 0.4) is 0 Å². The minimum Gasteiger partial charge on any atom is -0.455 e. The molecule has 0 fully saturated rings. The van der Waals surface area contributed by atoms with Crippen LogP contribution in [-0.4, -0.2) is 11.6 Å². The van der Waals surface area contributed by atoms with Gasteiger partial charge in [-0.2, -0.15) is 0 Å². The number of hydrogen-bond acceptors (Lipinski definition) is 3. The van der Waals surface area contributed by atoms with E-state index in [0.717, 1.165) is 37.9 Å². The number of fused-ring (bicyclic) bond motifs is 7. The maximum atomic E-state index is 13.0. The van der Waals surface area contributed by atoms with Gasteiger partial charge < -0.3 is 4.42 Å². The number of rotatable bonds is 4. The predicted octanol–water partition coefficient (Wildman–Crippen LogP) is 7.41. The molecule has 0 N–H and O–H groups in total. The van der Waals surface area contributed by atoms with E-state index >= 15 is 0 Å². The monoisotopic (exact) mass is 404 g/mol. The van der Waals surface area contributed by atoms with Gasteiger partial charge in [0, 0.05) is 27.3 Å². The summed E-state index contributed by atoms with van der Waals surface area (Å²) in [5, 5.41) is 5.36. The largest absolute Gasteiger partial charge is 0.455 e. The van der Waals surface area contributed by atoms with Gasteiger partial charge >= 0.3 is 0 Å². The number of carbonyl (C=O) groups is 2. The van der Waals surface area contributed by atoms with Crippen molar-refractivity contribution in [3.05, 3.63) is 96.1 Å². The van der Waals surface area contributed by atoms with E-state index in [4.69, 9.17) is 4.42 Å². The summed E-state index contributed by atoms with van der Waals surface area (Å²) in [6.45, 7) is 11.1. The predicted molar refractivity (Wildman–Crippen MR) is 127 cm³/mol. The van der Waals surface area contributed by atoms with Crippen LogP contribution in [0.5, 0.6) is 0 Å². The van der Waals surface area contributed by atoms with E-state index in [2.05, 4.69) is 13.2 Å². The Balaban J connectivity index is 1.97. The van der Waals surface area contributed by atoms with Crippen LogP contribution in [0.2, 0.25) is 0 Å². The van der Waals surface area contributed by atoms with E-state index in [0.29, 0.717) is 27.9 Å². The fraction of sp³-hybridized carbons (Fsp3) is 0.0714. The molecule has 0 unspecified atom stereocenters. The molecule has 0 saturated heterocycles. The summed E-state index contributed by atoms with van der Waals surface area (Å²) in [6.07, 6.45) is 0. The topological polar surface area (TPSA) is 47.3 Å². The van der Waals surface area contributed by atoms with Crippen LogP contribution in [0.15, 0.2) is 89.4 Å². The maximum Gasteiger partial charge on any atom is 0.188 e.